The summed E-state index contributed by atoms with van der Waals surface area (Å²) in [4.78, 5) is 15.3. The molecule has 0 N–H and O–H groups in total. The third-order valence-corrected chi connectivity index (χ3v) is 6.17. The third kappa shape index (κ3) is 5.05. The molecule has 36 heavy (non-hydrogen) atoms. The van der Waals surface area contributed by atoms with Crippen LogP contribution in [-0.2, 0) is 12.6 Å². The molecule has 0 saturated heterocycles. The van der Waals surface area contributed by atoms with E-state index in [0.29, 0.717) is 35.8 Å². The van der Waals surface area contributed by atoms with Gasteiger partial charge in [-0.05, 0) is 60.0 Å². The van der Waals surface area contributed by atoms with Gasteiger partial charge in [0.25, 0.3) is 5.91 Å². The van der Waals surface area contributed by atoms with E-state index in [4.69, 9.17) is 18.9 Å². The van der Waals surface area contributed by atoms with Crippen LogP contribution in [0.15, 0.2) is 60.7 Å². The van der Waals surface area contributed by atoms with Gasteiger partial charge in [0.1, 0.15) is 18.1 Å². The van der Waals surface area contributed by atoms with Crippen molar-refractivity contribution in [3.05, 3.63) is 82.9 Å². The van der Waals surface area contributed by atoms with E-state index in [1.54, 1.807) is 42.3 Å². The second kappa shape index (κ2) is 10.4. The van der Waals surface area contributed by atoms with E-state index in [2.05, 4.69) is 0 Å². The highest BCUT2D eigenvalue weighted by Gasteiger charge is 2.35. The topological polar surface area (TPSA) is 57.2 Å². The molecule has 3 aromatic rings. The van der Waals surface area contributed by atoms with Crippen molar-refractivity contribution in [3.8, 4) is 23.0 Å². The minimum absolute atomic E-state index is 0.0575. The zero-order valence-corrected chi connectivity index (χ0v) is 20.1. The molecule has 1 aliphatic rings. The van der Waals surface area contributed by atoms with Gasteiger partial charge in [0, 0.05) is 6.54 Å². The maximum absolute atomic E-state index is 13.7. The summed E-state index contributed by atoms with van der Waals surface area (Å²) < 4.78 is 61.7. The molecule has 0 aromatic heterocycles. The standard InChI is InChI=1S/C27H26F3NO5/c1-33-23-10-5-4-9-20(23)26(32)31-12-11-17-13-24(34-2)25(35-3)15-21(17)22(31)16-36-19-8-6-7-18(14-19)27(28,29)30/h4-10,13-15,22H,11-12,16H2,1-3H3. The van der Waals surface area contributed by atoms with E-state index in [9.17, 15) is 18.0 Å². The maximum atomic E-state index is 13.7. The number of hydrogen-bond donors (Lipinski definition) is 0. The summed E-state index contributed by atoms with van der Waals surface area (Å²) in [6.45, 7) is 0.306. The fourth-order valence-electron chi connectivity index (χ4n) is 4.36. The van der Waals surface area contributed by atoms with Crippen molar-refractivity contribution >= 4 is 5.91 Å². The zero-order valence-electron chi connectivity index (χ0n) is 20.1. The Balaban J connectivity index is 1.72. The fourth-order valence-corrected chi connectivity index (χ4v) is 4.36. The molecule has 1 heterocycles. The normalized spacial score (nSPS) is 15.2. The molecular weight excluding hydrogens is 475 g/mol. The second-order valence-corrected chi connectivity index (χ2v) is 8.21. The molecule has 0 radical (unpaired) electrons. The molecule has 0 bridgehead atoms. The molecule has 1 amide bonds. The smallest absolute Gasteiger partial charge is 0.416 e. The number of fused-ring (bicyclic) bond motifs is 1. The molecular formula is C27H26F3NO5. The zero-order chi connectivity index (χ0) is 25.9. The highest BCUT2D eigenvalue weighted by Crippen LogP contribution is 2.40. The first-order valence-electron chi connectivity index (χ1n) is 11.3. The van der Waals surface area contributed by atoms with Gasteiger partial charge in [-0.15, -0.1) is 0 Å². The number of alkyl halides is 3. The number of methoxy groups -OCH3 is 3. The van der Waals surface area contributed by atoms with Crippen LogP contribution in [0.5, 0.6) is 23.0 Å². The highest BCUT2D eigenvalue weighted by molar-refractivity contribution is 5.97. The average Bonchev–Trinajstić information content (AvgIpc) is 2.89. The van der Waals surface area contributed by atoms with E-state index in [-0.39, 0.29) is 18.3 Å². The molecule has 0 spiro atoms. The molecule has 3 aromatic carbocycles. The van der Waals surface area contributed by atoms with E-state index >= 15 is 0 Å². The van der Waals surface area contributed by atoms with Crippen molar-refractivity contribution < 1.29 is 36.9 Å². The maximum Gasteiger partial charge on any atom is 0.416 e. The first-order chi connectivity index (χ1) is 17.3. The number of nitrogens with zero attached hydrogens (tertiary/aromatic N) is 1. The van der Waals surface area contributed by atoms with Gasteiger partial charge in [0.2, 0.25) is 0 Å². The molecule has 1 atom stereocenters. The van der Waals surface area contributed by atoms with E-state index in [1.807, 2.05) is 6.07 Å². The van der Waals surface area contributed by atoms with Gasteiger partial charge in [-0.25, -0.2) is 0 Å². The number of amides is 1. The molecule has 6 nitrogen and oxygen atoms in total. The SMILES string of the molecule is COc1cc2c(cc1OC)C(COc1cccc(C(F)(F)F)c1)N(C(=O)c1ccccc1OC)CC2. The monoisotopic (exact) mass is 501 g/mol. The molecule has 4 rings (SSSR count). The number of carbonyl (C=O) groups is 1. The van der Waals surface area contributed by atoms with Crippen LogP contribution in [0.25, 0.3) is 0 Å². The van der Waals surface area contributed by atoms with Crippen LogP contribution in [-0.4, -0.2) is 45.3 Å². The Kier molecular flexibility index (Phi) is 7.28. The Morgan fingerprint density at radius 3 is 2.31 bits per heavy atom. The lowest BCUT2D eigenvalue weighted by molar-refractivity contribution is -0.137. The number of para-hydroxylation sites is 1. The van der Waals surface area contributed by atoms with Crippen LogP contribution >= 0.6 is 0 Å². The number of carbonyl (C=O) groups excluding carboxylic acids is 1. The number of benzene rings is 3. The molecule has 0 aliphatic carbocycles. The van der Waals surface area contributed by atoms with Crippen LogP contribution < -0.4 is 18.9 Å². The van der Waals surface area contributed by atoms with Crippen LogP contribution in [0.4, 0.5) is 13.2 Å². The Bertz CT molecular complexity index is 1240. The summed E-state index contributed by atoms with van der Waals surface area (Å²) in [5.74, 6) is 1.25. The van der Waals surface area contributed by atoms with Crippen molar-refractivity contribution in [2.24, 2.45) is 0 Å². The number of halogens is 3. The third-order valence-electron chi connectivity index (χ3n) is 6.17. The highest BCUT2D eigenvalue weighted by atomic mass is 19.4. The second-order valence-electron chi connectivity index (χ2n) is 8.21. The Morgan fingerprint density at radius 1 is 0.917 bits per heavy atom. The van der Waals surface area contributed by atoms with Crippen LogP contribution in [0.1, 0.15) is 33.1 Å². The quantitative estimate of drug-likeness (QED) is 0.425. The number of rotatable bonds is 7. The fraction of sp³-hybridized carbons (Fsp3) is 0.296. The molecule has 190 valence electrons. The Labute approximate surface area is 207 Å². The summed E-state index contributed by atoms with van der Waals surface area (Å²) in [6.07, 6.45) is -3.94. The summed E-state index contributed by atoms with van der Waals surface area (Å²) in [6, 6.07) is 14.6. The van der Waals surface area contributed by atoms with Crippen LogP contribution in [0.3, 0.4) is 0 Å². The summed E-state index contributed by atoms with van der Waals surface area (Å²) >= 11 is 0. The van der Waals surface area contributed by atoms with Gasteiger partial charge in [0.05, 0.1) is 38.5 Å². The van der Waals surface area contributed by atoms with Crippen molar-refractivity contribution in [1.29, 1.82) is 0 Å². The van der Waals surface area contributed by atoms with Gasteiger partial charge < -0.3 is 23.8 Å². The van der Waals surface area contributed by atoms with E-state index in [1.165, 1.54) is 26.4 Å². The van der Waals surface area contributed by atoms with Crippen LogP contribution in [0.2, 0.25) is 0 Å². The number of hydrogen-bond acceptors (Lipinski definition) is 5. The van der Waals surface area contributed by atoms with Gasteiger partial charge >= 0.3 is 6.18 Å². The van der Waals surface area contributed by atoms with E-state index in [0.717, 1.165) is 23.3 Å². The molecule has 0 saturated carbocycles. The first-order valence-corrected chi connectivity index (χ1v) is 11.3. The predicted octanol–water partition coefficient (Wildman–Crippen LogP) is 5.55. The Hall–Kier alpha value is -3.88. The Morgan fingerprint density at radius 2 is 1.61 bits per heavy atom. The van der Waals surface area contributed by atoms with Crippen molar-refractivity contribution in [3.63, 3.8) is 0 Å². The molecule has 1 aliphatic heterocycles. The summed E-state index contributed by atoms with van der Waals surface area (Å²) in [5, 5.41) is 0. The lowest BCUT2D eigenvalue weighted by atomic mass is 9.91. The van der Waals surface area contributed by atoms with Crippen LogP contribution in [0, 0.1) is 0 Å². The minimum Gasteiger partial charge on any atom is -0.496 e. The van der Waals surface area contributed by atoms with Gasteiger partial charge in [-0.3, -0.25) is 4.79 Å². The van der Waals surface area contributed by atoms with Crippen molar-refractivity contribution in [2.75, 3.05) is 34.5 Å². The lowest BCUT2D eigenvalue weighted by Gasteiger charge is -2.38. The summed E-state index contributed by atoms with van der Waals surface area (Å²) in [7, 11) is 4.54. The lowest BCUT2D eigenvalue weighted by Crippen LogP contribution is -2.42. The summed E-state index contributed by atoms with van der Waals surface area (Å²) in [5.41, 5.74) is 1.29. The first kappa shape index (κ1) is 25.2. The molecule has 0 fully saturated rings. The van der Waals surface area contributed by atoms with Gasteiger partial charge in [0.15, 0.2) is 11.5 Å². The van der Waals surface area contributed by atoms with Gasteiger partial charge in [-0.1, -0.05) is 18.2 Å². The average molecular weight is 502 g/mol. The van der Waals surface area contributed by atoms with Crippen molar-refractivity contribution in [2.45, 2.75) is 18.6 Å². The van der Waals surface area contributed by atoms with Crippen molar-refractivity contribution in [1.82, 2.24) is 4.90 Å². The predicted molar refractivity (Wildman–Crippen MR) is 127 cm³/mol. The molecule has 9 heteroatoms. The minimum atomic E-state index is -4.49. The van der Waals surface area contributed by atoms with Gasteiger partial charge in [-0.2, -0.15) is 13.2 Å². The largest absolute Gasteiger partial charge is 0.496 e. The van der Waals surface area contributed by atoms with E-state index < -0.39 is 17.8 Å². The number of ether oxygens (including phenoxy) is 4. The molecule has 1 unspecified atom stereocenters.